The molecule has 24 heavy (non-hydrogen) atoms. The van der Waals surface area contributed by atoms with Crippen LogP contribution in [0.15, 0.2) is 48.5 Å². The molecule has 0 aliphatic carbocycles. The lowest BCUT2D eigenvalue weighted by Gasteiger charge is -2.11. The van der Waals surface area contributed by atoms with Gasteiger partial charge in [-0.2, -0.15) is 0 Å². The first-order chi connectivity index (χ1) is 11.7. The van der Waals surface area contributed by atoms with Crippen molar-refractivity contribution in [2.24, 2.45) is 0 Å². The lowest BCUT2D eigenvalue weighted by molar-refractivity contribution is 0.0520. The molecule has 0 unspecified atom stereocenters. The largest absolute Gasteiger partial charge is 0.462 e. The molecular weight excluding hydrogens is 304 g/mol. The van der Waals surface area contributed by atoms with Crippen LogP contribution in [0.25, 0.3) is 0 Å². The predicted molar refractivity (Wildman–Crippen MR) is 92.4 cm³/mol. The van der Waals surface area contributed by atoms with E-state index in [4.69, 9.17) is 9.47 Å². The van der Waals surface area contributed by atoms with Gasteiger partial charge in [0.05, 0.1) is 12.2 Å². The molecule has 0 heterocycles. The van der Waals surface area contributed by atoms with Gasteiger partial charge < -0.3 is 9.47 Å². The lowest BCUT2D eigenvalue weighted by atomic mass is 10.0. The summed E-state index contributed by atoms with van der Waals surface area (Å²) < 4.78 is 10.5. The van der Waals surface area contributed by atoms with Crippen molar-refractivity contribution in [1.29, 1.82) is 0 Å². The van der Waals surface area contributed by atoms with Crippen molar-refractivity contribution in [3.05, 3.63) is 65.2 Å². The predicted octanol–water partition coefficient (Wildman–Crippen LogP) is 4.43. The van der Waals surface area contributed by atoms with Gasteiger partial charge in [0.15, 0.2) is 0 Å². The lowest BCUT2D eigenvalue weighted by Crippen LogP contribution is -2.14. The van der Waals surface area contributed by atoms with Crippen LogP contribution in [-0.4, -0.2) is 18.5 Å². The van der Waals surface area contributed by atoms with Gasteiger partial charge in [0.2, 0.25) is 0 Å². The van der Waals surface area contributed by atoms with Crippen LogP contribution in [0, 0.1) is 0 Å². The molecule has 0 aliphatic heterocycles. The number of hydrogen-bond acceptors (Lipinski definition) is 4. The van der Waals surface area contributed by atoms with Crippen molar-refractivity contribution in [3.8, 4) is 5.75 Å². The van der Waals surface area contributed by atoms with Crippen molar-refractivity contribution in [2.75, 3.05) is 6.61 Å². The van der Waals surface area contributed by atoms with E-state index in [1.54, 1.807) is 37.3 Å². The van der Waals surface area contributed by atoms with Crippen molar-refractivity contribution < 1.29 is 19.1 Å². The molecule has 2 rings (SSSR count). The Hall–Kier alpha value is -2.62. The number of hydrogen-bond donors (Lipinski definition) is 0. The summed E-state index contributed by atoms with van der Waals surface area (Å²) in [6, 6.07) is 14.0. The van der Waals surface area contributed by atoms with Crippen molar-refractivity contribution >= 4 is 11.9 Å². The summed E-state index contributed by atoms with van der Waals surface area (Å²) in [7, 11) is 0. The maximum absolute atomic E-state index is 12.6. The van der Waals surface area contributed by atoms with Gasteiger partial charge in [-0.15, -0.1) is 0 Å². The molecule has 0 atom stereocenters. The van der Waals surface area contributed by atoms with Crippen LogP contribution in [0.2, 0.25) is 0 Å². The minimum Gasteiger partial charge on any atom is -0.462 e. The molecule has 0 radical (unpaired) electrons. The second kappa shape index (κ2) is 8.87. The van der Waals surface area contributed by atoms with Gasteiger partial charge in [0, 0.05) is 0 Å². The van der Waals surface area contributed by atoms with Gasteiger partial charge in [-0.1, -0.05) is 43.7 Å². The van der Waals surface area contributed by atoms with Gasteiger partial charge >= 0.3 is 11.9 Å². The second-order valence-electron chi connectivity index (χ2n) is 5.37. The molecule has 0 aromatic heterocycles. The zero-order valence-electron chi connectivity index (χ0n) is 14.1. The number of unbranched alkanes of at least 4 members (excludes halogenated alkanes) is 1. The van der Waals surface area contributed by atoms with Gasteiger partial charge in [-0.25, -0.2) is 9.59 Å². The molecule has 0 N–H and O–H groups in total. The fourth-order valence-electron chi connectivity index (χ4n) is 2.39. The van der Waals surface area contributed by atoms with Crippen molar-refractivity contribution in [2.45, 2.75) is 33.1 Å². The van der Waals surface area contributed by atoms with Crippen LogP contribution in [0.5, 0.6) is 5.75 Å². The molecule has 0 aliphatic rings. The minimum atomic E-state index is -0.500. The first-order valence-corrected chi connectivity index (χ1v) is 8.23. The molecule has 0 bridgehead atoms. The monoisotopic (exact) mass is 326 g/mol. The van der Waals surface area contributed by atoms with Crippen LogP contribution < -0.4 is 4.74 Å². The van der Waals surface area contributed by atoms with Gasteiger partial charge in [-0.05, 0) is 43.5 Å². The first kappa shape index (κ1) is 17.7. The SMILES string of the molecule is CCCCc1ccccc1C(=O)Oc1ccccc1C(=O)OCC. The molecule has 0 saturated carbocycles. The molecule has 2 aromatic carbocycles. The number of ether oxygens (including phenoxy) is 2. The number of benzene rings is 2. The Morgan fingerprint density at radius 2 is 1.54 bits per heavy atom. The number of carbonyl (C=O) groups excluding carboxylic acids is 2. The standard InChI is InChI=1S/C20H22O4/c1-3-5-10-15-11-6-7-12-16(15)20(22)24-18-14-9-8-13-17(18)19(21)23-4-2/h6-9,11-14H,3-5,10H2,1-2H3. The van der Waals surface area contributed by atoms with E-state index < -0.39 is 11.9 Å². The van der Waals surface area contributed by atoms with E-state index in [1.165, 1.54) is 0 Å². The van der Waals surface area contributed by atoms with E-state index in [0.29, 0.717) is 5.56 Å². The summed E-state index contributed by atoms with van der Waals surface area (Å²) in [5.41, 5.74) is 1.74. The smallest absolute Gasteiger partial charge is 0.343 e. The molecule has 4 heteroatoms. The van der Waals surface area contributed by atoms with Crippen molar-refractivity contribution in [1.82, 2.24) is 0 Å². The summed E-state index contributed by atoms with van der Waals surface area (Å²) in [5.74, 6) is -0.745. The minimum absolute atomic E-state index is 0.214. The average Bonchev–Trinajstić information content (AvgIpc) is 2.60. The fraction of sp³-hybridized carbons (Fsp3) is 0.300. The number of para-hydroxylation sites is 1. The Labute approximate surface area is 142 Å². The molecular formula is C20H22O4. The van der Waals surface area contributed by atoms with Gasteiger partial charge in [-0.3, -0.25) is 0 Å². The Bertz CT molecular complexity index is 706. The summed E-state index contributed by atoms with van der Waals surface area (Å²) in [5, 5.41) is 0. The van der Waals surface area contributed by atoms with E-state index in [9.17, 15) is 9.59 Å². The number of carbonyl (C=O) groups is 2. The van der Waals surface area contributed by atoms with E-state index in [-0.39, 0.29) is 17.9 Å². The van der Waals surface area contributed by atoms with Gasteiger partial charge in [0.25, 0.3) is 0 Å². The Morgan fingerprint density at radius 1 is 0.875 bits per heavy atom. The highest BCUT2D eigenvalue weighted by Gasteiger charge is 2.18. The molecule has 0 amide bonds. The highest BCUT2D eigenvalue weighted by atomic mass is 16.5. The van der Waals surface area contributed by atoms with Gasteiger partial charge in [0.1, 0.15) is 11.3 Å². The van der Waals surface area contributed by atoms with E-state index in [2.05, 4.69) is 6.92 Å². The quantitative estimate of drug-likeness (QED) is 0.558. The summed E-state index contributed by atoms with van der Waals surface area (Å²) >= 11 is 0. The van der Waals surface area contributed by atoms with Crippen LogP contribution in [-0.2, 0) is 11.2 Å². The zero-order valence-corrected chi connectivity index (χ0v) is 14.1. The molecule has 2 aromatic rings. The molecule has 0 fully saturated rings. The maximum Gasteiger partial charge on any atom is 0.343 e. The summed E-state index contributed by atoms with van der Waals surface area (Å²) in [6.45, 7) is 4.11. The Balaban J connectivity index is 2.23. The highest BCUT2D eigenvalue weighted by molar-refractivity contribution is 5.96. The Morgan fingerprint density at radius 3 is 2.25 bits per heavy atom. The van der Waals surface area contributed by atoms with Crippen LogP contribution in [0.4, 0.5) is 0 Å². The van der Waals surface area contributed by atoms with Crippen LogP contribution >= 0.6 is 0 Å². The topological polar surface area (TPSA) is 52.6 Å². The van der Waals surface area contributed by atoms with Crippen molar-refractivity contribution in [3.63, 3.8) is 0 Å². The Kier molecular flexibility index (Phi) is 6.55. The van der Waals surface area contributed by atoms with Crippen LogP contribution in [0.1, 0.15) is 53.0 Å². The zero-order chi connectivity index (χ0) is 17.4. The molecule has 0 spiro atoms. The molecule has 4 nitrogen and oxygen atoms in total. The third-order valence-electron chi connectivity index (χ3n) is 3.62. The van der Waals surface area contributed by atoms with E-state index in [0.717, 1.165) is 24.8 Å². The highest BCUT2D eigenvalue weighted by Crippen LogP contribution is 2.22. The third-order valence-corrected chi connectivity index (χ3v) is 3.62. The third kappa shape index (κ3) is 4.44. The fourth-order valence-corrected chi connectivity index (χ4v) is 2.39. The number of aryl methyl sites for hydroxylation is 1. The number of rotatable bonds is 7. The number of esters is 2. The maximum atomic E-state index is 12.6. The summed E-state index contributed by atoms with van der Waals surface area (Å²) in [4.78, 5) is 24.5. The van der Waals surface area contributed by atoms with Crippen LogP contribution in [0.3, 0.4) is 0 Å². The summed E-state index contributed by atoms with van der Waals surface area (Å²) in [6.07, 6.45) is 2.88. The first-order valence-electron chi connectivity index (χ1n) is 8.23. The normalized spacial score (nSPS) is 10.2. The molecule has 0 saturated heterocycles. The molecule has 126 valence electrons. The average molecular weight is 326 g/mol. The second-order valence-corrected chi connectivity index (χ2v) is 5.37. The van der Waals surface area contributed by atoms with E-state index >= 15 is 0 Å². The van der Waals surface area contributed by atoms with E-state index in [1.807, 2.05) is 18.2 Å².